The van der Waals surface area contributed by atoms with E-state index in [9.17, 15) is 9.18 Å². The first-order chi connectivity index (χ1) is 9.60. The molecular formula is C11H13ClFN5OS2. The van der Waals surface area contributed by atoms with Gasteiger partial charge in [-0.2, -0.15) is 4.39 Å². The van der Waals surface area contributed by atoms with Crippen LogP contribution in [0.2, 0.25) is 0 Å². The Kier molecular flexibility index (Phi) is 6.79. The third-order valence-electron chi connectivity index (χ3n) is 2.32. The zero-order valence-corrected chi connectivity index (χ0v) is 13.7. The minimum Gasteiger partial charge on any atom is -0.341 e. The fourth-order valence-electron chi connectivity index (χ4n) is 1.32. The van der Waals surface area contributed by atoms with E-state index in [0.717, 1.165) is 0 Å². The summed E-state index contributed by atoms with van der Waals surface area (Å²) in [5, 5.41) is 10.9. The van der Waals surface area contributed by atoms with Gasteiger partial charge in [-0.15, -0.1) is 22.6 Å². The van der Waals surface area contributed by atoms with Gasteiger partial charge in [0.05, 0.1) is 5.69 Å². The Hall–Kier alpha value is -1.45. The Labute approximate surface area is 135 Å². The maximum Gasteiger partial charge on any atom is 0.323 e. The van der Waals surface area contributed by atoms with Crippen LogP contribution in [0.25, 0.3) is 0 Å². The predicted molar refractivity (Wildman–Crippen MR) is 83.8 cm³/mol. The maximum atomic E-state index is 12.9. The first-order valence-corrected chi connectivity index (χ1v) is 7.43. The van der Waals surface area contributed by atoms with Gasteiger partial charge >= 0.3 is 6.03 Å². The number of aromatic nitrogens is 3. The maximum absolute atomic E-state index is 12.9. The van der Waals surface area contributed by atoms with Gasteiger partial charge in [-0.25, -0.2) is 9.78 Å². The van der Waals surface area contributed by atoms with Crippen LogP contribution < -0.4 is 10.2 Å². The smallest absolute Gasteiger partial charge is 0.323 e. The summed E-state index contributed by atoms with van der Waals surface area (Å²) in [4.78, 5) is 16.6. The van der Waals surface area contributed by atoms with Crippen LogP contribution in [0.4, 0.5) is 14.3 Å². The number of carbonyl (C=O) groups excluding carboxylic acids is 1. The summed E-state index contributed by atoms with van der Waals surface area (Å²) in [5.74, 6) is -0.00351. The van der Waals surface area contributed by atoms with Crippen molar-refractivity contribution in [1.29, 1.82) is 0 Å². The second kappa shape index (κ2) is 8.11. The van der Waals surface area contributed by atoms with Gasteiger partial charge in [-0.3, -0.25) is 4.90 Å². The summed E-state index contributed by atoms with van der Waals surface area (Å²) in [6.07, 6.45) is 0. The number of anilines is 1. The van der Waals surface area contributed by atoms with Crippen LogP contribution in [0.3, 0.4) is 0 Å². The molecule has 10 heteroatoms. The number of urea groups is 1. The molecule has 0 saturated carbocycles. The summed E-state index contributed by atoms with van der Waals surface area (Å²) in [5.41, 5.74) is 0.631. The van der Waals surface area contributed by atoms with Crippen molar-refractivity contribution in [3.05, 3.63) is 29.8 Å². The van der Waals surface area contributed by atoms with Crippen molar-refractivity contribution in [3.8, 4) is 0 Å². The molecule has 2 heterocycles. The van der Waals surface area contributed by atoms with Gasteiger partial charge in [0.25, 0.3) is 0 Å². The average molecular weight is 350 g/mol. The zero-order valence-electron chi connectivity index (χ0n) is 11.2. The Morgan fingerprint density at radius 3 is 2.90 bits per heavy atom. The van der Waals surface area contributed by atoms with E-state index in [2.05, 4.69) is 20.5 Å². The number of amides is 2. The number of nitrogens with one attached hydrogen (secondary N) is 1. The molecular weight excluding hydrogens is 337 g/mol. The van der Waals surface area contributed by atoms with E-state index >= 15 is 0 Å². The minimum atomic E-state index is -0.500. The standard InChI is InChI=1S/C11H12FN5OS2.ClH/c1-13-9(18)17(2)10-15-16-11(20-10)19-6-7-4-3-5-8(12)14-7;/h3-5H,6H2,1-2H3,(H,13,18);1H. The SMILES string of the molecule is CNC(=O)N(C)c1nnc(SCc2cccc(F)n2)s1.Cl. The van der Waals surface area contributed by atoms with Gasteiger partial charge in [0.15, 0.2) is 4.34 Å². The van der Waals surface area contributed by atoms with E-state index in [0.29, 0.717) is 20.9 Å². The second-order valence-corrected chi connectivity index (χ2v) is 5.88. The van der Waals surface area contributed by atoms with E-state index < -0.39 is 5.95 Å². The van der Waals surface area contributed by atoms with Gasteiger partial charge in [0.2, 0.25) is 11.1 Å². The molecule has 0 radical (unpaired) electrons. The molecule has 6 nitrogen and oxygen atoms in total. The third kappa shape index (κ3) is 4.80. The van der Waals surface area contributed by atoms with E-state index in [1.807, 2.05) is 0 Å². The van der Waals surface area contributed by atoms with Crippen LogP contribution in [0.5, 0.6) is 0 Å². The lowest BCUT2D eigenvalue weighted by Gasteiger charge is -2.10. The molecule has 0 aromatic carbocycles. The highest BCUT2D eigenvalue weighted by molar-refractivity contribution is 8.00. The van der Waals surface area contributed by atoms with Crippen LogP contribution in [0.15, 0.2) is 22.5 Å². The normalized spacial score (nSPS) is 9.86. The van der Waals surface area contributed by atoms with Crippen LogP contribution >= 0.6 is 35.5 Å². The Balaban J connectivity index is 0.00000220. The van der Waals surface area contributed by atoms with Crippen LogP contribution in [-0.4, -0.2) is 35.3 Å². The Morgan fingerprint density at radius 2 is 2.24 bits per heavy atom. The molecule has 2 amide bonds. The predicted octanol–water partition coefficient (Wildman–Crippen LogP) is 2.56. The van der Waals surface area contributed by atoms with Crippen molar-refractivity contribution < 1.29 is 9.18 Å². The molecule has 0 aliphatic heterocycles. The van der Waals surface area contributed by atoms with Crippen LogP contribution in [0.1, 0.15) is 5.69 Å². The van der Waals surface area contributed by atoms with Crippen LogP contribution in [-0.2, 0) is 5.75 Å². The van der Waals surface area contributed by atoms with Gasteiger partial charge < -0.3 is 5.32 Å². The van der Waals surface area contributed by atoms with Crippen molar-refractivity contribution in [2.75, 3.05) is 19.0 Å². The monoisotopic (exact) mass is 349 g/mol. The number of pyridine rings is 1. The fourth-order valence-corrected chi connectivity index (χ4v) is 3.02. The van der Waals surface area contributed by atoms with E-state index in [-0.39, 0.29) is 18.4 Å². The topological polar surface area (TPSA) is 71.0 Å². The largest absolute Gasteiger partial charge is 0.341 e. The molecule has 114 valence electrons. The Bertz CT molecular complexity index is 612. The summed E-state index contributed by atoms with van der Waals surface area (Å²) in [6.45, 7) is 0. The minimum absolute atomic E-state index is 0. The molecule has 2 aromatic heterocycles. The van der Waals surface area contributed by atoms with Crippen molar-refractivity contribution >= 4 is 46.7 Å². The molecule has 0 unspecified atom stereocenters. The lowest BCUT2D eigenvalue weighted by molar-refractivity contribution is 0.249. The van der Waals surface area contributed by atoms with Crippen molar-refractivity contribution in [1.82, 2.24) is 20.5 Å². The highest BCUT2D eigenvalue weighted by atomic mass is 35.5. The molecule has 2 rings (SSSR count). The molecule has 1 N–H and O–H groups in total. The average Bonchev–Trinajstić information content (AvgIpc) is 2.92. The quantitative estimate of drug-likeness (QED) is 0.522. The van der Waals surface area contributed by atoms with Crippen molar-refractivity contribution in [2.45, 2.75) is 10.1 Å². The highest BCUT2D eigenvalue weighted by Crippen LogP contribution is 2.29. The Morgan fingerprint density at radius 1 is 1.48 bits per heavy atom. The molecule has 0 atom stereocenters. The van der Waals surface area contributed by atoms with Crippen molar-refractivity contribution in [2.24, 2.45) is 0 Å². The van der Waals surface area contributed by atoms with Gasteiger partial charge in [0, 0.05) is 19.8 Å². The molecule has 0 aliphatic rings. The molecule has 0 fully saturated rings. The summed E-state index contributed by atoms with van der Waals surface area (Å²) < 4.78 is 13.6. The number of hydrogen-bond donors (Lipinski definition) is 1. The number of thioether (sulfide) groups is 1. The highest BCUT2D eigenvalue weighted by Gasteiger charge is 2.14. The van der Waals surface area contributed by atoms with Crippen LogP contribution in [0, 0.1) is 5.95 Å². The van der Waals surface area contributed by atoms with Gasteiger partial charge in [0.1, 0.15) is 0 Å². The lowest BCUT2D eigenvalue weighted by atomic mass is 10.4. The summed E-state index contributed by atoms with van der Waals surface area (Å²) >= 11 is 2.69. The van der Waals surface area contributed by atoms with Gasteiger partial charge in [-0.1, -0.05) is 29.2 Å². The number of nitrogens with zero attached hydrogens (tertiary/aromatic N) is 4. The fraction of sp³-hybridized carbons (Fsp3) is 0.273. The third-order valence-corrected chi connectivity index (χ3v) is 4.48. The van der Waals surface area contributed by atoms with Gasteiger partial charge in [-0.05, 0) is 12.1 Å². The molecule has 0 saturated heterocycles. The summed E-state index contributed by atoms with van der Waals surface area (Å²) in [7, 11) is 3.16. The first-order valence-electron chi connectivity index (χ1n) is 5.63. The lowest BCUT2D eigenvalue weighted by Crippen LogP contribution is -2.34. The number of halogens is 2. The molecule has 0 bridgehead atoms. The van der Waals surface area contributed by atoms with E-state index in [1.165, 1.54) is 34.1 Å². The molecule has 0 aliphatic carbocycles. The van der Waals surface area contributed by atoms with Crippen molar-refractivity contribution in [3.63, 3.8) is 0 Å². The number of carbonyl (C=O) groups is 1. The number of rotatable bonds is 4. The molecule has 2 aromatic rings. The van der Waals surface area contributed by atoms with E-state index in [1.54, 1.807) is 26.2 Å². The van der Waals surface area contributed by atoms with E-state index in [4.69, 9.17) is 0 Å². The first kappa shape index (κ1) is 17.6. The number of hydrogen-bond acceptors (Lipinski definition) is 6. The summed E-state index contributed by atoms with van der Waals surface area (Å²) in [6, 6.07) is 4.40. The molecule has 21 heavy (non-hydrogen) atoms. The zero-order chi connectivity index (χ0) is 14.5. The second-order valence-electron chi connectivity index (χ2n) is 3.71. The molecule has 0 spiro atoms.